The Kier molecular flexibility index (Phi) is 4.51. The lowest BCUT2D eigenvalue weighted by molar-refractivity contribution is 0.888. The third-order valence-electron chi connectivity index (χ3n) is 3.31. The lowest BCUT2D eigenvalue weighted by atomic mass is 10.1. The third-order valence-corrected chi connectivity index (χ3v) is 3.31. The van der Waals surface area contributed by atoms with Crippen molar-refractivity contribution < 1.29 is 0 Å². The van der Waals surface area contributed by atoms with Crippen LogP contribution in [0.4, 0.5) is 0 Å². The van der Waals surface area contributed by atoms with Crippen LogP contribution in [0.3, 0.4) is 0 Å². The number of allylic oxidation sites excluding steroid dienone is 1. The van der Waals surface area contributed by atoms with E-state index in [0.717, 1.165) is 29.8 Å². The summed E-state index contributed by atoms with van der Waals surface area (Å²) in [7, 11) is 0. The summed E-state index contributed by atoms with van der Waals surface area (Å²) in [5.74, 6) is 0. The Labute approximate surface area is 119 Å². The molecule has 0 bridgehead atoms. The first-order chi connectivity index (χ1) is 9.65. The molecule has 0 aliphatic heterocycles. The summed E-state index contributed by atoms with van der Waals surface area (Å²) in [6, 6.07) is 8.02. The fourth-order valence-electron chi connectivity index (χ4n) is 2.04. The van der Waals surface area contributed by atoms with Gasteiger partial charge >= 0.3 is 5.69 Å². The van der Waals surface area contributed by atoms with Gasteiger partial charge in [-0.25, -0.2) is 4.79 Å². The van der Waals surface area contributed by atoms with Gasteiger partial charge in [0.05, 0.1) is 11.4 Å². The molecule has 2 rings (SSSR count). The fourth-order valence-corrected chi connectivity index (χ4v) is 2.04. The molecular formula is C17H20N2O. The Balaban J connectivity index is 2.49. The van der Waals surface area contributed by atoms with E-state index in [9.17, 15) is 4.79 Å². The molecule has 1 aromatic carbocycles. The van der Waals surface area contributed by atoms with Crippen LogP contribution in [0.2, 0.25) is 0 Å². The predicted octanol–water partition coefficient (Wildman–Crippen LogP) is 3.53. The maximum absolute atomic E-state index is 12.0. The van der Waals surface area contributed by atoms with Crippen LogP contribution in [0.1, 0.15) is 37.1 Å². The predicted molar refractivity (Wildman–Crippen MR) is 83.3 cm³/mol. The standard InChI is InChI=1S/C17H20N2O/c1-4-6-7-15-12-19(17(20)18-13(15)3)16-10-8-14(5-2)9-11-16/h6-12H,4-5H2,1-3H3/b7-6-. The molecule has 3 heteroatoms. The smallest absolute Gasteiger partial charge is 0.267 e. The second-order valence-corrected chi connectivity index (χ2v) is 4.76. The summed E-state index contributed by atoms with van der Waals surface area (Å²) in [5, 5.41) is 0. The molecular weight excluding hydrogens is 248 g/mol. The zero-order valence-electron chi connectivity index (χ0n) is 12.3. The minimum Gasteiger partial charge on any atom is -0.267 e. The van der Waals surface area contributed by atoms with E-state index in [1.165, 1.54) is 5.56 Å². The summed E-state index contributed by atoms with van der Waals surface area (Å²) < 4.78 is 1.60. The van der Waals surface area contributed by atoms with Crippen LogP contribution in [0, 0.1) is 6.92 Å². The second kappa shape index (κ2) is 6.33. The molecule has 0 atom stereocenters. The van der Waals surface area contributed by atoms with Crippen LogP contribution >= 0.6 is 0 Å². The largest absolute Gasteiger partial charge is 0.352 e. The third kappa shape index (κ3) is 3.05. The van der Waals surface area contributed by atoms with Crippen molar-refractivity contribution in [2.45, 2.75) is 33.6 Å². The lowest BCUT2D eigenvalue weighted by Crippen LogP contribution is -2.22. The van der Waals surface area contributed by atoms with E-state index >= 15 is 0 Å². The van der Waals surface area contributed by atoms with Crippen LogP contribution in [0.15, 0.2) is 41.3 Å². The van der Waals surface area contributed by atoms with Crippen molar-refractivity contribution in [2.75, 3.05) is 0 Å². The summed E-state index contributed by atoms with van der Waals surface area (Å²) in [5.41, 5.74) is 3.62. The maximum Gasteiger partial charge on any atom is 0.352 e. The van der Waals surface area contributed by atoms with Crippen LogP contribution in [-0.4, -0.2) is 9.55 Å². The molecule has 2 aromatic rings. The lowest BCUT2D eigenvalue weighted by Gasteiger charge is -2.08. The number of nitrogens with zero attached hydrogens (tertiary/aromatic N) is 2. The second-order valence-electron chi connectivity index (χ2n) is 4.76. The van der Waals surface area contributed by atoms with E-state index in [1.54, 1.807) is 4.57 Å². The maximum atomic E-state index is 12.0. The Morgan fingerprint density at radius 1 is 1.20 bits per heavy atom. The molecule has 20 heavy (non-hydrogen) atoms. The summed E-state index contributed by atoms with van der Waals surface area (Å²) in [4.78, 5) is 16.2. The summed E-state index contributed by atoms with van der Waals surface area (Å²) in [6.45, 7) is 6.06. The first-order valence-electron chi connectivity index (χ1n) is 7.01. The van der Waals surface area contributed by atoms with Gasteiger partial charge in [-0.3, -0.25) is 4.57 Å². The molecule has 0 amide bonds. The van der Waals surface area contributed by atoms with Crippen molar-refractivity contribution in [2.24, 2.45) is 0 Å². The van der Waals surface area contributed by atoms with Crippen molar-refractivity contribution in [1.82, 2.24) is 9.55 Å². The molecule has 0 spiro atoms. The van der Waals surface area contributed by atoms with Gasteiger partial charge in [0.1, 0.15) is 0 Å². The number of hydrogen-bond acceptors (Lipinski definition) is 2. The molecule has 0 unspecified atom stereocenters. The van der Waals surface area contributed by atoms with Gasteiger partial charge in [-0.1, -0.05) is 38.1 Å². The van der Waals surface area contributed by atoms with Crippen LogP contribution in [-0.2, 0) is 6.42 Å². The monoisotopic (exact) mass is 268 g/mol. The average molecular weight is 268 g/mol. The molecule has 0 fully saturated rings. The molecule has 0 radical (unpaired) electrons. The topological polar surface area (TPSA) is 34.9 Å². The zero-order chi connectivity index (χ0) is 14.5. The van der Waals surface area contributed by atoms with Crippen LogP contribution in [0.5, 0.6) is 0 Å². The zero-order valence-corrected chi connectivity index (χ0v) is 12.3. The SMILES string of the molecule is CC/C=C\c1cn(-c2ccc(CC)cc2)c(=O)nc1C. The molecule has 0 aliphatic rings. The van der Waals surface area contributed by atoms with Gasteiger partial charge in [-0.05, 0) is 37.5 Å². The molecule has 3 nitrogen and oxygen atoms in total. The molecule has 0 aliphatic carbocycles. The van der Waals surface area contributed by atoms with Crippen molar-refractivity contribution in [3.63, 3.8) is 0 Å². The number of aromatic nitrogens is 2. The molecule has 104 valence electrons. The fraction of sp³-hybridized carbons (Fsp3) is 0.294. The Bertz CT molecular complexity index is 666. The highest BCUT2D eigenvalue weighted by Crippen LogP contribution is 2.11. The van der Waals surface area contributed by atoms with Gasteiger partial charge in [0.15, 0.2) is 0 Å². The van der Waals surface area contributed by atoms with Crippen LogP contribution in [0.25, 0.3) is 11.8 Å². The first-order valence-corrected chi connectivity index (χ1v) is 7.01. The normalized spacial score (nSPS) is 11.2. The Hall–Kier alpha value is -2.16. The van der Waals surface area contributed by atoms with Gasteiger partial charge in [0, 0.05) is 11.8 Å². The van der Waals surface area contributed by atoms with Crippen molar-refractivity contribution in [3.8, 4) is 5.69 Å². The van der Waals surface area contributed by atoms with Gasteiger partial charge < -0.3 is 0 Å². The highest BCUT2D eigenvalue weighted by atomic mass is 16.1. The van der Waals surface area contributed by atoms with Crippen molar-refractivity contribution >= 4 is 6.08 Å². The first kappa shape index (κ1) is 14.3. The summed E-state index contributed by atoms with van der Waals surface area (Å²) in [6.07, 6.45) is 7.89. The minimum atomic E-state index is -0.236. The minimum absolute atomic E-state index is 0.236. The highest BCUT2D eigenvalue weighted by molar-refractivity contribution is 5.51. The molecule has 0 saturated heterocycles. The van der Waals surface area contributed by atoms with E-state index in [0.29, 0.717) is 0 Å². The van der Waals surface area contributed by atoms with Gasteiger partial charge in [0.2, 0.25) is 0 Å². The highest BCUT2D eigenvalue weighted by Gasteiger charge is 2.05. The molecule has 0 N–H and O–H groups in total. The summed E-state index contributed by atoms with van der Waals surface area (Å²) >= 11 is 0. The van der Waals surface area contributed by atoms with Crippen LogP contribution < -0.4 is 5.69 Å². The number of rotatable bonds is 4. The van der Waals surface area contributed by atoms with E-state index in [-0.39, 0.29) is 5.69 Å². The van der Waals surface area contributed by atoms with E-state index in [1.807, 2.05) is 43.5 Å². The van der Waals surface area contributed by atoms with Gasteiger partial charge in [0.25, 0.3) is 0 Å². The average Bonchev–Trinajstić information content (AvgIpc) is 2.47. The van der Waals surface area contributed by atoms with Crippen molar-refractivity contribution in [3.05, 3.63) is 63.8 Å². The van der Waals surface area contributed by atoms with Gasteiger partial charge in [-0.2, -0.15) is 4.98 Å². The Morgan fingerprint density at radius 2 is 1.90 bits per heavy atom. The number of aryl methyl sites for hydroxylation is 2. The number of benzene rings is 1. The molecule has 1 aromatic heterocycles. The molecule has 0 saturated carbocycles. The van der Waals surface area contributed by atoms with Gasteiger partial charge in [-0.15, -0.1) is 0 Å². The molecule has 1 heterocycles. The van der Waals surface area contributed by atoms with E-state index in [4.69, 9.17) is 0 Å². The van der Waals surface area contributed by atoms with Crippen molar-refractivity contribution in [1.29, 1.82) is 0 Å². The quantitative estimate of drug-likeness (QED) is 0.850. The van der Waals surface area contributed by atoms with E-state index in [2.05, 4.69) is 24.9 Å². The Morgan fingerprint density at radius 3 is 2.50 bits per heavy atom. The van der Waals surface area contributed by atoms with E-state index < -0.39 is 0 Å². The number of hydrogen-bond donors (Lipinski definition) is 0.